The zero-order valence-corrected chi connectivity index (χ0v) is 15.9. The van der Waals surface area contributed by atoms with E-state index in [2.05, 4.69) is 0 Å². The largest absolute Gasteiger partial charge is 0.275 e. The summed E-state index contributed by atoms with van der Waals surface area (Å²) in [6, 6.07) is 21.6. The molecular weight excluding hydrogens is 374 g/mol. The van der Waals surface area contributed by atoms with Crippen molar-refractivity contribution in [2.24, 2.45) is 0 Å². The van der Waals surface area contributed by atoms with E-state index < -0.39 is 27.8 Å². The van der Waals surface area contributed by atoms with E-state index >= 15 is 0 Å². The number of nitrogens with zero attached hydrogens (tertiary/aromatic N) is 1. The van der Waals surface area contributed by atoms with Crippen LogP contribution in [0.25, 0.3) is 0 Å². The maximum absolute atomic E-state index is 13.3. The number of amides is 2. The minimum absolute atomic E-state index is 0.0917. The van der Waals surface area contributed by atoms with Crippen molar-refractivity contribution in [1.82, 2.24) is 4.31 Å². The van der Waals surface area contributed by atoms with Crippen molar-refractivity contribution >= 4 is 21.8 Å². The molecule has 0 bridgehead atoms. The van der Waals surface area contributed by atoms with Crippen LogP contribution < -0.4 is 0 Å². The van der Waals surface area contributed by atoms with Crippen LogP contribution in [-0.4, -0.2) is 24.5 Å². The van der Waals surface area contributed by atoms with Gasteiger partial charge in [-0.15, -0.1) is 0 Å². The quantitative estimate of drug-likeness (QED) is 0.641. The molecule has 1 unspecified atom stereocenters. The topological polar surface area (TPSA) is 71.5 Å². The highest BCUT2D eigenvalue weighted by molar-refractivity contribution is 7.90. The molecule has 1 aliphatic rings. The number of fused-ring (bicyclic) bond motifs is 1. The van der Waals surface area contributed by atoms with Crippen LogP contribution in [0.4, 0.5) is 0 Å². The molecule has 3 aromatic rings. The zero-order valence-electron chi connectivity index (χ0n) is 15.1. The first kappa shape index (κ1) is 18.1. The fourth-order valence-electron chi connectivity index (χ4n) is 3.41. The summed E-state index contributed by atoms with van der Waals surface area (Å²) in [6.07, 6.45) is 0. The van der Waals surface area contributed by atoms with Gasteiger partial charge in [0.15, 0.2) is 0 Å². The summed E-state index contributed by atoms with van der Waals surface area (Å²) < 4.78 is 26.8. The summed E-state index contributed by atoms with van der Waals surface area (Å²) in [7, 11) is -4.33. The highest BCUT2D eigenvalue weighted by Crippen LogP contribution is 2.37. The van der Waals surface area contributed by atoms with Crippen molar-refractivity contribution in [1.29, 1.82) is 0 Å². The van der Waals surface area contributed by atoms with Crippen LogP contribution in [0.5, 0.6) is 0 Å². The Bertz CT molecular complexity index is 1170. The molecule has 1 atom stereocenters. The Morgan fingerprint density at radius 2 is 1.39 bits per heavy atom. The number of sulfonamides is 1. The Labute approximate surface area is 163 Å². The second kappa shape index (κ2) is 6.73. The van der Waals surface area contributed by atoms with Crippen molar-refractivity contribution in [3.63, 3.8) is 0 Å². The van der Waals surface area contributed by atoms with E-state index in [1.54, 1.807) is 60.7 Å². The Morgan fingerprint density at radius 1 is 0.786 bits per heavy atom. The molecule has 140 valence electrons. The van der Waals surface area contributed by atoms with Crippen LogP contribution in [0.1, 0.15) is 33.0 Å². The van der Waals surface area contributed by atoms with E-state index in [1.807, 2.05) is 13.0 Å². The standard InChI is InChI=1S/C22H17NO4S/c1-15-11-13-17(14-12-15)28(26,27)23-21(24)19-10-6-5-9-18(19)20(22(23)25)16-7-3-2-4-8-16/h2-14,20H,1H3. The van der Waals surface area contributed by atoms with E-state index in [0.29, 0.717) is 15.4 Å². The Kier molecular flexibility index (Phi) is 4.35. The van der Waals surface area contributed by atoms with Gasteiger partial charge in [-0.25, -0.2) is 8.42 Å². The van der Waals surface area contributed by atoms with E-state index in [4.69, 9.17) is 0 Å². The number of hydrogen-bond donors (Lipinski definition) is 0. The van der Waals surface area contributed by atoms with Gasteiger partial charge in [0.2, 0.25) is 0 Å². The maximum atomic E-state index is 13.3. The molecule has 1 aliphatic heterocycles. The molecule has 5 nitrogen and oxygen atoms in total. The monoisotopic (exact) mass is 391 g/mol. The molecule has 2 amide bonds. The van der Waals surface area contributed by atoms with Gasteiger partial charge in [0.05, 0.1) is 10.8 Å². The van der Waals surface area contributed by atoms with Crippen LogP contribution in [0.2, 0.25) is 0 Å². The predicted octanol–water partition coefficient (Wildman–Crippen LogP) is 3.50. The van der Waals surface area contributed by atoms with Crippen molar-refractivity contribution < 1.29 is 18.0 Å². The minimum Gasteiger partial charge on any atom is -0.272 e. The van der Waals surface area contributed by atoms with E-state index in [-0.39, 0.29) is 10.5 Å². The smallest absolute Gasteiger partial charge is 0.272 e. The number of benzene rings is 3. The summed E-state index contributed by atoms with van der Waals surface area (Å²) in [5, 5.41) is 0. The lowest BCUT2D eigenvalue weighted by Crippen LogP contribution is -2.48. The molecule has 4 rings (SSSR count). The molecular formula is C22H17NO4S. The molecule has 0 radical (unpaired) electrons. The van der Waals surface area contributed by atoms with Crippen LogP contribution in [0.15, 0.2) is 83.8 Å². The second-order valence-electron chi connectivity index (χ2n) is 6.66. The lowest BCUT2D eigenvalue weighted by molar-refractivity contribution is -0.125. The first-order valence-corrected chi connectivity index (χ1v) is 10.2. The number of aryl methyl sites for hydroxylation is 1. The van der Waals surface area contributed by atoms with Gasteiger partial charge in [-0.2, -0.15) is 4.31 Å². The van der Waals surface area contributed by atoms with Gasteiger partial charge in [-0.3, -0.25) is 9.59 Å². The summed E-state index contributed by atoms with van der Waals surface area (Å²) in [6.45, 7) is 1.83. The highest BCUT2D eigenvalue weighted by Gasteiger charge is 2.45. The third-order valence-corrected chi connectivity index (χ3v) is 6.52. The molecule has 0 fully saturated rings. The van der Waals surface area contributed by atoms with Gasteiger partial charge < -0.3 is 0 Å². The van der Waals surface area contributed by atoms with E-state index in [1.165, 1.54) is 12.1 Å². The van der Waals surface area contributed by atoms with Crippen molar-refractivity contribution in [3.8, 4) is 0 Å². The van der Waals surface area contributed by atoms with Gasteiger partial charge in [-0.05, 0) is 36.2 Å². The van der Waals surface area contributed by atoms with Crippen molar-refractivity contribution in [3.05, 3.63) is 101 Å². The molecule has 0 aliphatic carbocycles. The predicted molar refractivity (Wildman–Crippen MR) is 104 cm³/mol. The summed E-state index contributed by atoms with van der Waals surface area (Å²) in [5.74, 6) is -2.46. The Balaban J connectivity index is 1.91. The molecule has 0 saturated heterocycles. The molecule has 28 heavy (non-hydrogen) atoms. The van der Waals surface area contributed by atoms with Crippen LogP contribution in [0.3, 0.4) is 0 Å². The molecule has 6 heteroatoms. The SMILES string of the molecule is Cc1ccc(S(=O)(=O)N2C(=O)c3ccccc3C(c3ccccc3)C2=O)cc1. The van der Waals surface area contributed by atoms with Crippen molar-refractivity contribution in [2.75, 3.05) is 0 Å². The van der Waals surface area contributed by atoms with Crippen LogP contribution in [0, 0.1) is 6.92 Å². The number of hydrogen-bond acceptors (Lipinski definition) is 4. The number of carbonyl (C=O) groups excluding carboxylic acids is 2. The molecule has 0 spiro atoms. The molecule has 0 N–H and O–H groups in total. The van der Waals surface area contributed by atoms with Crippen LogP contribution in [-0.2, 0) is 14.8 Å². The van der Waals surface area contributed by atoms with Gasteiger partial charge >= 0.3 is 0 Å². The molecule has 3 aromatic carbocycles. The lowest BCUT2D eigenvalue weighted by atomic mass is 9.84. The summed E-state index contributed by atoms with van der Waals surface area (Å²) in [5.41, 5.74) is 2.24. The molecule has 0 aromatic heterocycles. The number of rotatable bonds is 3. The summed E-state index contributed by atoms with van der Waals surface area (Å²) >= 11 is 0. The maximum Gasteiger partial charge on any atom is 0.275 e. The number of imide groups is 1. The first-order chi connectivity index (χ1) is 13.4. The van der Waals surface area contributed by atoms with Crippen LogP contribution >= 0.6 is 0 Å². The third-order valence-electron chi connectivity index (χ3n) is 4.83. The van der Waals surface area contributed by atoms with E-state index in [9.17, 15) is 18.0 Å². The first-order valence-electron chi connectivity index (χ1n) is 8.75. The lowest BCUT2D eigenvalue weighted by Gasteiger charge is -2.32. The number of carbonyl (C=O) groups is 2. The average molecular weight is 391 g/mol. The second-order valence-corrected chi connectivity index (χ2v) is 8.44. The molecule has 0 saturated carbocycles. The van der Waals surface area contributed by atoms with Gasteiger partial charge in [0.25, 0.3) is 21.8 Å². The average Bonchev–Trinajstić information content (AvgIpc) is 2.69. The third kappa shape index (κ3) is 2.82. The van der Waals surface area contributed by atoms with Gasteiger partial charge in [-0.1, -0.05) is 66.2 Å². The van der Waals surface area contributed by atoms with Crippen molar-refractivity contribution in [2.45, 2.75) is 17.7 Å². The Hall–Kier alpha value is -3.25. The van der Waals surface area contributed by atoms with Gasteiger partial charge in [0.1, 0.15) is 0 Å². The molecule has 1 heterocycles. The Morgan fingerprint density at radius 3 is 2.07 bits per heavy atom. The zero-order chi connectivity index (χ0) is 19.9. The fraction of sp³-hybridized carbons (Fsp3) is 0.0909. The fourth-order valence-corrected chi connectivity index (χ4v) is 4.76. The normalized spacial score (nSPS) is 16.8. The highest BCUT2D eigenvalue weighted by atomic mass is 32.2. The summed E-state index contributed by atoms with van der Waals surface area (Å²) in [4.78, 5) is 26.2. The van der Waals surface area contributed by atoms with Gasteiger partial charge in [0, 0.05) is 5.56 Å². The van der Waals surface area contributed by atoms with E-state index in [0.717, 1.165) is 5.56 Å². The minimum atomic E-state index is -4.33.